The van der Waals surface area contributed by atoms with Gasteiger partial charge in [-0.25, -0.2) is 4.79 Å². The maximum absolute atomic E-state index is 11.6. The molecule has 0 bridgehead atoms. The third-order valence-electron chi connectivity index (χ3n) is 3.64. The summed E-state index contributed by atoms with van der Waals surface area (Å²) in [6, 6.07) is 13.5. The van der Waals surface area contributed by atoms with Gasteiger partial charge in [0.2, 0.25) is 0 Å². The first-order valence-corrected chi connectivity index (χ1v) is 8.52. The van der Waals surface area contributed by atoms with Gasteiger partial charge in [-0.15, -0.1) is 0 Å². The summed E-state index contributed by atoms with van der Waals surface area (Å²) >= 11 is 0. The summed E-state index contributed by atoms with van der Waals surface area (Å²) in [6.07, 6.45) is 5.68. The van der Waals surface area contributed by atoms with Crippen LogP contribution >= 0.6 is 0 Å². The Labute approximate surface area is 143 Å². The van der Waals surface area contributed by atoms with Gasteiger partial charge in [-0.2, -0.15) is 0 Å². The molecule has 24 heavy (non-hydrogen) atoms. The van der Waals surface area contributed by atoms with Crippen LogP contribution in [0.3, 0.4) is 0 Å². The van der Waals surface area contributed by atoms with Crippen molar-refractivity contribution in [1.29, 1.82) is 0 Å². The van der Waals surface area contributed by atoms with Crippen molar-refractivity contribution < 1.29 is 13.9 Å². The Morgan fingerprint density at radius 2 is 1.75 bits per heavy atom. The standard InChI is InChI=1S/C19H26N2O3/c22-19(24-16-17-9-4-3-5-10-17)21-13-7-2-1-6-12-20-15-18-11-8-14-23-18/h3-5,8-11,14,20H,1-2,6-7,12-13,15-16H2,(H,21,22). The molecule has 0 saturated carbocycles. The van der Waals surface area contributed by atoms with Gasteiger partial charge in [0.05, 0.1) is 12.8 Å². The fraction of sp³-hybridized carbons (Fsp3) is 0.421. The van der Waals surface area contributed by atoms with Crippen molar-refractivity contribution in [2.75, 3.05) is 13.1 Å². The molecule has 2 aromatic rings. The highest BCUT2D eigenvalue weighted by atomic mass is 16.5. The molecule has 2 rings (SSSR count). The number of hydrogen-bond donors (Lipinski definition) is 2. The molecule has 1 amide bonds. The Kier molecular flexibility index (Phi) is 8.51. The van der Waals surface area contributed by atoms with E-state index in [0.29, 0.717) is 13.2 Å². The number of rotatable bonds is 11. The van der Waals surface area contributed by atoms with Crippen LogP contribution in [0, 0.1) is 0 Å². The van der Waals surface area contributed by atoms with Crippen molar-refractivity contribution in [3.8, 4) is 0 Å². The fourth-order valence-corrected chi connectivity index (χ4v) is 2.32. The number of carbonyl (C=O) groups excluding carboxylic acids is 1. The van der Waals surface area contributed by atoms with Gasteiger partial charge in [0, 0.05) is 6.54 Å². The number of hydrogen-bond acceptors (Lipinski definition) is 4. The lowest BCUT2D eigenvalue weighted by Gasteiger charge is -2.07. The normalized spacial score (nSPS) is 10.5. The largest absolute Gasteiger partial charge is 0.468 e. The number of amides is 1. The van der Waals surface area contributed by atoms with E-state index in [1.807, 2.05) is 42.5 Å². The van der Waals surface area contributed by atoms with E-state index in [2.05, 4.69) is 10.6 Å². The van der Waals surface area contributed by atoms with E-state index in [4.69, 9.17) is 9.15 Å². The number of carbonyl (C=O) groups is 1. The molecule has 0 spiro atoms. The van der Waals surface area contributed by atoms with Crippen molar-refractivity contribution in [2.24, 2.45) is 0 Å². The lowest BCUT2D eigenvalue weighted by Crippen LogP contribution is -2.25. The second kappa shape index (κ2) is 11.3. The van der Waals surface area contributed by atoms with Crippen molar-refractivity contribution in [3.63, 3.8) is 0 Å². The van der Waals surface area contributed by atoms with E-state index in [-0.39, 0.29) is 6.09 Å². The fourth-order valence-electron chi connectivity index (χ4n) is 2.32. The van der Waals surface area contributed by atoms with Gasteiger partial charge in [-0.3, -0.25) is 0 Å². The summed E-state index contributed by atoms with van der Waals surface area (Å²) in [7, 11) is 0. The molecule has 0 fully saturated rings. The molecule has 1 heterocycles. The Morgan fingerprint density at radius 1 is 0.958 bits per heavy atom. The van der Waals surface area contributed by atoms with Crippen LogP contribution < -0.4 is 10.6 Å². The quantitative estimate of drug-likeness (QED) is 0.614. The van der Waals surface area contributed by atoms with Crippen molar-refractivity contribution in [1.82, 2.24) is 10.6 Å². The Balaban J connectivity index is 1.37. The van der Waals surface area contributed by atoms with Crippen molar-refractivity contribution >= 4 is 6.09 Å². The molecule has 1 aromatic carbocycles. The van der Waals surface area contributed by atoms with Gasteiger partial charge in [-0.05, 0) is 37.1 Å². The number of nitrogens with one attached hydrogen (secondary N) is 2. The Hall–Kier alpha value is -2.27. The molecule has 0 aliphatic heterocycles. The maximum atomic E-state index is 11.6. The van der Waals surface area contributed by atoms with Crippen LogP contribution in [-0.2, 0) is 17.9 Å². The predicted octanol–water partition coefficient (Wildman–Crippen LogP) is 3.86. The van der Waals surface area contributed by atoms with Gasteiger partial charge < -0.3 is 19.8 Å². The van der Waals surface area contributed by atoms with Gasteiger partial charge in [0.25, 0.3) is 0 Å². The first-order chi connectivity index (χ1) is 11.8. The Morgan fingerprint density at radius 3 is 2.50 bits per heavy atom. The molecular formula is C19H26N2O3. The highest BCUT2D eigenvalue weighted by Crippen LogP contribution is 2.02. The predicted molar refractivity (Wildman–Crippen MR) is 93.5 cm³/mol. The summed E-state index contributed by atoms with van der Waals surface area (Å²) < 4.78 is 10.4. The second-order valence-corrected chi connectivity index (χ2v) is 5.66. The summed E-state index contributed by atoms with van der Waals surface area (Å²) in [4.78, 5) is 11.6. The monoisotopic (exact) mass is 330 g/mol. The lowest BCUT2D eigenvalue weighted by molar-refractivity contribution is 0.139. The highest BCUT2D eigenvalue weighted by Gasteiger charge is 2.01. The molecule has 0 radical (unpaired) electrons. The number of ether oxygens (including phenoxy) is 1. The summed E-state index contributed by atoms with van der Waals surface area (Å²) in [5.74, 6) is 0.966. The number of alkyl carbamates (subject to hydrolysis) is 1. The van der Waals surface area contributed by atoms with Gasteiger partial charge in [0.15, 0.2) is 0 Å². The van der Waals surface area contributed by atoms with E-state index < -0.39 is 0 Å². The molecule has 0 unspecified atom stereocenters. The van der Waals surface area contributed by atoms with Crippen LogP contribution in [0.1, 0.15) is 37.0 Å². The molecule has 5 nitrogen and oxygen atoms in total. The minimum absolute atomic E-state index is 0.314. The first-order valence-electron chi connectivity index (χ1n) is 8.52. The SMILES string of the molecule is O=C(NCCCCCCNCc1ccco1)OCc1ccccc1. The van der Waals surface area contributed by atoms with E-state index in [9.17, 15) is 4.79 Å². The van der Waals surface area contributed by atoms with Crippen LogP contribution in [0.4, 0.5) is 4.79 Å². The zero-order valence-corrected chi connectivity index (χ0v) is 14.0. The van der Waals surface area contributed by atoms with Crippen molar-refractivity contribution in [2.45, 2.75) is 38.8 Å². The molecule has 0 aliphatic rings. The van der Waals surface area contributed by atoms with Crippen LogP contribution in [0.25, 0.3) is 0 Å². The zero-order chi connectivity index (χ0) is 16.9. The van der Waals surface area contributed by atoms with E-state index in [1.54, 1.807) is 6.26 Å². The summed E-state index contributed by atoms with van der Waals surface area (Å²) in [6.45, 7) is 2.73. The second-order valence-electron chi connectivity index (χ2n) is 5.66. The molecule has 2 N–H and O–H groups in total. The zero-order valence-electron chi connectivity index (χ0n) is 14.0. The number of unbranched alkanes of at least 4 members (excludes halogenated alkanes) is 3. The number of benzene rings is 1. The molecular weight excluding hydrogens is 304 g/mol. The molecule has 0 atom stereocenters. The molecule has 5 heteroatoms. The smallest absolute Gasteiger partial charge is 0.407 e. The average Bonchev–Trinajstić information content (AvgIpc) is 3.13. The van der Waals surface area contributed by atoms with E-state index in [1.165, 1.54) is 0 Å². The van der Waals surface area contributed by atoms with Crippen molar-refractivity contribution in [3.05, 3.63) is 60.1 Å². The van der Waals surface area contributed by atoms with E-state index in [0.717, 1.165) is 50.1 Å². The highest BCUT2D eigenvalue weighted by molar-refractivity contribution is 5.67. The van der Waals surface area contributed by atoms with Crippen LogP contribution in [0.15, 0.2) is 53.1 Å². The molecule has 0 aliphatic carbocycles. The Bertz CT molecular complexity index is 555. The topological polar surface area (TPSA) is 63.5 Å². The summed E-state index contributed by atoms with van der Waals surface area (Å²) in [5.41, 5.74) is 0.995. The third-order valence-corrected chi connectivity index (χ3v) is 3.64. The molecule has 0 saturated heterocycles. The lowest BCUT2D eigenvalue weighted by atomic mass is 10.2. The van der Waals surface area contributed by atoms with Crippen LogP contribution in [0.2, 0.25) is 0 Å². The third kappa shape index (κ3) is 7.83. The van der Waals surface area contributed by atoms with Crippen LogP contribution in [-0.4, -0.2) is 19.2 Å². The number of furan rings is 1. The minimum Gasteiger partial charge on any atom is -0.468 e. The maximum Gasteiger partial charge on any atom is 0.407 e. The van der Waals surface area contributed by atoms with E-state index >= 15 is 0 Å². The van der Waals surface area contributed by atoms with Gasteiger partial charge >= 0.3 is 6.09 Å². The average molecular weight is 330 g/mol. The molecule has 1 aromatic heterocycles. The summed E-state index contributed by atoms with van der Waals surface area (Å²) in [5, 5.41) is 6.13. The van der Waals surface area contributed by atoms with Gasteiger partial charge in [-0.1, -0.05) is 43.2 Å². The molecule has 130 valence electrons. The van der Waals surface area contributed by atoms with Crippen LogP contribution in [0.5, 0.6) is 0 Å². The first kappa shape index (κ1) is 18.1. The van der Waals surface area contributed by atoms with Gasteiger partial charge in [0.1, 0.15) is 12.4 Å². The minimum atomic E-state index is -0.348.